The summed E-state index contributed by atoms with van der Waals surface area (Å²) >= 11 is 0. The van der Waals surface area contributed by atoms with Crippen LogP contribution in [0.3, 0.4) is 0 Å². The Morgan fingerprint density at radius 2 is 1.91 bits per heavy atom. The molecule has 0 aromatic rings. The van der Waals surface area contributed by atoms with Gasteiger partial charge in [-0.15, -0.1) is 0 Å². The number of aliphatic hydroxyl groups is 1. The summed E-state index contributed by atoms with van der Waals surface area (Å²) in [7, 11) is 0. The summed E-state index contributed by atoms with van der Waals surface area (Å²) in [5.74, 6) is 5.51. The molecule has 0 aliphatic heterocycles. The highest BCUT2D eigenvalue weighted by Crippen LogP contribution is 1.74. The molecule has 11 heavy (non-hydrogen) atoms. The van der Waals surface area contributed by atoms with Crippen LogP contribution in [0.15, 0.2) is 36.5 Å². The minimum Gasteiger partial charge on any atom is -0.392 e. The fourth-order valence-electron chi connectivity index (χ4n) is 0.423. The van der Waals surface area contributed by atoms with Crippen molar-refractivity contribution in [2.24, 2.45) is 0 Å². The van der Waals surface area contributed by atoms with Crippen molar-refractivity contribution in [1.29, 1.82) is 0 Å². The van der Waals surface area contributed by atoms with E-state index in [1.54, 1.807) is 18.2 Å². The smallest absolute Gasteiger partial charge is 0.0621 e. The van der Waals surface area contributed by atoms with E-state index in [2.05, 4.69) is 11.8 Å². The second-order valence-corrected chi connectivity index (χ2v) is 1.76. The molecule has 0 radical (unpaired) electrons. The molecule has 0 spiro atoms. The van der Waals surface area contributed by atoms with Gasteiger partial charge in [-0.3, -0.25) is 0 Å². The summed E-state index contributed by atoms with van der Waals surface area (Å²) in [5, 5.41) is 8.32. The number of hydrogen-bond donors (Lipinski definition) is 1. The summed E-state index contributed by atoms with van der Waals surface area (Å²) in [6.07, 6.45) is 10.7. The van der Waals surface area contributed by atoms with Gasteiger partial charge >= 0.3 is 0 Å². The van der Waals surface area contributed by atoms with Gasteiger partial charge in [0.1, 0.15) is 0 Å². The average Bonchev–Trinajstić information content (AvgIpc) is 2.03. The topological polar surface area (TPSA) is 20.2 Å². The second-order valence-electron chi connectivity index (χ2n) is 1.76. The first kappa shape index (κ1) is 9.74. The van der Waals surface area contributed by atoms with Crippen molar-refractivity contribution in [1.82, 2.24) is 0 Å². The van der Waals surface area contributed by atoms with E-state index in [0.29, 0.717) is 0 Å². The molecule has 1 nitrogen and oxygen atoms in total. The summed E-state index contributed by atoms with van der Waals surface area (Å²) in [6.45, 7) is 2.00. The van der Waals surface area contributed by atoms with Gasteiger partial charge in [0, 0.05) is 0 Å². The van der Waals surface area contributed by atoms with Crippen LogP contribution in [0, 0.1) is 11.8 Å². The van der Waals surface area contributed by atoms with Crippen molar-refractivity contribution in [3.63, 3.8) is 0 Å². The highest BCUT2D eigenvalue weighted by Gasteiger charge is 1.60. The molecule has 0 rings (SSSR count). The molecule has 58 valence electrons. The molecule has 0 bridgehead atoms. The molecular formula is C10H12O. The Bertz CT molecular complexity index is 211. The zero-order chi connectivity index (χ0) is 8.36. The van der Waals surface area contributed by atoms with Gasteiger partial charge in [-0.25, -0.2) is 0 Å². The third kappa shape index (κ3) is 8.74. The SMILES string of the molecule is C/C=C/C=C/C#C/C=C/CO. The van der Waals surface area contributed by atoms with Crippen LogP contribution in [0.25, 0.3) is 0 Å². The quantitative estimate of drug-likeness (QED) is 0.466. The van der Waals surface area contributed by atoms with Crippen LogP contribution in [0.5, 0.6) is 0 Å². The zero-order valence-corrected chi connectivity index (χ0v) is 6.62. The molecule has 0 aliphatic carbocycles. The molecule has 0 aliphatic rings. The molecule has 0 atom stereocenters. The Kier molecular flexibility index (Phi) is 7.74. The average molecular weight is 148 g/mol. The maximum Gasteiger partial charge on any atom is 0.0621 e. The maximum atomic E-state index is 8.32. The van der Waals surface area contributed by atoms with Gasteiger partial charge in [0.2, 0.25) is 0 Å². The van der Waals surface area contributed by atoms with Gasteiger partial charge in [0.15, 0.2) is 0 Å². The predicted octanol–water partition coefficient (Wildman–Crippen LogP) is 1.67. The maximum absolute atomic E-state index is 8.32. The summed E-state index contributed by atoms with van der Waals surface area (Å²) in [4.78, 5) is 0. The Morgan fingerprint density at radius 1 is 1.18 bits per heavy atom. The lowest BCUT2D eigenvalue weighted by molar-refractivity contribution is 0.343. The van der Waals surface area contributed by atoms with E-state index >= 15 is 0 Å². The molecule has 0 saturated heterocycles. The fourth-order valence-corrected chi connectivity index (χ4v) is 0.423. The third-order valence-corrected chi connectivity index (χ3v) is 0.873. The second kappa shape index (κ2) is 8.74. The van der Waals surface area contributed by atoms with Crippen LogP contribution in [-0.2, 0) is 0 Å². The van der Waals surface area contributed by atoms with Crippen molar-refractivity contribution >= 4 is 0 Å². The van der Waals surface area contributed by atoms with Gasteiger partial charge in [-0.2, -0.15) is 0 Å². The molecule has 0 saturated carbocycles. The minimum absolute atomic E-state index is 0.0489. The zero-order valence-electron chi connectivity index (χ0n) is 6.62. The number of hydrogen-bond acceptors (Lipinski definition) is 1. The molecule has 0 amide bonds. The first-order valence-corrected chi connectivity index (χ1v) is 3.46. The molecule has 1 heteroatoms. The van der Waals surface area contributed by atoms with E-state index in [1.165, 1.54) is 0 Å². The standard InChI is InChI=1S/C10H12O/c1-2-3-4-5-6-7-8-9-10-11/h2-5,8-9,11H,10H2,1H3/b3-2+,5-4+,9-8+. The van der Waals surface area contributed by atoms with Crippen molar-refractivity contribution in [2.75, 3.05) is 6.61 Å². The van der Waals surface area contributed by atoms with E-state index < -0.39 is 0 Å². The monoisotopic (exact) mass is 148 g/mol. The van der Waals surface area contributed by atoms with Crippen LogP contribution in [0.1, 0.15) is 6.92 Å². The van der Waals surface area contributed by atoms with Crippen molar-refractivity contribution < 1.29 is 5.11 Å². The van der Waals surface area contributed by atoms with Crippen LogP contribution in [-0.4, -0.2) is 11.7 Å². The lowest BCUT2D eigenvalue weighted by Gasteiger charge is -1.70. The Labute approximate surface area is 67.7 Å². The predicted molar refractivity (Wildman–Crippen MR) is 48.0 cm³/mol. The molecule has 0 heterocycles. The molecule has 0 aromatic carbocycles. The summed E-state index contributed by atoms with van der Waals surface area (Å²) < 4.78 is 0. The van der Waals surface area contributed by atoms with E-state index in [4.69, 9.17) is 5.11 Å². The normalized spacial score (nSPS) is 11.1. The van der Waals surface area contributed by atoms with E-state index in [1.807, 2.05) is 25.2 Å². The minimum atomic E-state index is 0.0489. The van der Waals surface area contributed by atoms with Crippen LogP contribution < -0.4 is 0 Å². The summed E-state index contributed by atoms with van der Waals surface area (Å²) in [6, 6.07) is 0. The van der Waals surface area contributed by atoms with Gasteiger partial charge in [-0.1, -0.05) is 36.1 Å². The first-order valence-electron chi connectivity index (χ1n) is 3.46. The van der Waals surface area contributed by atoms with Gasteiger partial charge in [-0.05, 0) is 19.1 Å². The van der Waals surface area contributed by atoms with Crippen molar-refractivity contribution in [3.8, 4) is 11.8 Å². The Balaban J connectivity index is 3.63. The van der Waals surface area contributed by atoms with Gasteiger partial charge < -0.3 is 5.11 Å². The molecule has 0 unspecified atom stereocenters. The van der Waals surface area contributed by atoms with Gasteiger partial charge in [0.05, 0.1) is 6.61 Å². The fraction of sp³-hybridized carbons (Fsp3) is 0.200. The van der Waals surface area contributed by atoms with Gasteiger partial charge in [0.25, 0.3) is 0 Å². The molecule has 0 fully saturated rings. The number of aliphatic hydroxyl groups excluding tert-OH is 1. The highest BCUT2D eigenvalue weighted by atomic mass is 16.2. The van der Waals surface area contributed by atoms with E-state index in [-0.39, 0.29) is 6.61 Å². The van der Waals surface area contributed by atoms with E-state index in [0.717, 1.165) is 0 Å². The highest BCUT2D eigenvalue weighted by molar-refractivity contribution is 5.25. The van der Waals surface area contributed by atoms with Crippen LogP contribution in [0.4, 0.5) is 0 Å². The number of rotatable bonds is 2. The third-order valence-electron chi connectivity index (χ3n) is 0.873. The first-order chi connectivity index (χ1) is 5.41. The van der Waals surface area contributed by atoms with Crippen molar-refractivity contribution in [2.45, 2.75) is 6.92 Å². The molecule has 1 N–H and O–H groups in total. The lowest BCUT2D eigenvalue weighted by atomic mass is 10.4. The van der Waals surface area contributed by atoms with Crippen LogP contribution >= 0.6 is 0 Å². The molecule has 0 aromatic heterocycles. The van der Waals surface area contributed by atoms with Crippen molar-refractivity contribution in [3.05, 3.63) is 36.5 Å². The Morgan fingerprint density at radius 3 is 2.55 bits per heavy atom. The summed E-state index contributed by atoms with van der Waals surface area (Å²) in [5.41, 5.74) is 0. The molecular weight excluding hydrogens is 136 g/mol. The number of allylic oxidation sites excluding steroid dienone is 5. The lowest BCUT2D eigenvalue weighted by Crippen LogP contribution is -1.67. The Hall–Kier alpha value is -1.26. The van der Waals surface area contributed by atoms with E-state index in [9.17, 15) is 0 Å². The van der Waals surface area contributed by atoms with Crippen LogP contribution in [0.2, 0.25) is 0 Å². The largest absolute Gasteiger partial charge is 0.392 e.